The summed E-state index contributed by atoms with van der Waals surface area (Å²) in [7, 11) is 0. The molecule has 0 aliphatic carbocycles. The Hall–Kier alpha value is -2.96. The summed E-state index contributed by atoms with van der Waals surface area (Å²) in [5, 5.41) is 5.19. The van der Waals surface area contributed by atoms with Crippen molar-refractivity contribution in [3.05, 3.63) is 59.2 Å². The first kappa shape index (κ1) is 17.4. The van der Waals surface area contributed by atoms with E-state index >= 15 is 0 Å². The van der Waals surface area contributed by atoms with Crippen molar-refractivity contribution in [1.29, 1.82) is 0 Å². The molecule has 0 spiro atoms. The third-order valence-electron chi connectivity index (χ3n) is 3.38. The standard InChI is InChI=1S/C17H17F2N3O2/c1-2-10-4-3-5-11(6-10)22-16(23)9-21-15-7-12(17(20)24)13(18)8-14(15)19/h3-8,21H,2,9H2,1H3,(H2,20,24)(H,22,23). The van der Waals surface area contributed by atoms with Gasteiger partial charge in [-0.1, -0.05) is 19.1 Å². The van der Waals surface area contributed by atoms with Crippen LogP contribution in [0.4, 0.5) is 20.2 Å². The number of hydrogen-bond donors (Lipinski definition) is 3. The number of anilines is 2. The van der Waals surface area contributed by atoms with Crippen LogP contribution in [0.15, 0.2) is 36.4 Å². The maximum Gasteiger partial charge on any atom is 0.251 e. The fourth-order valence-corrected chi connectivity index (χ4v) is 2.12. The second-order valence-electron chi connectivity index (χ2n) is 5.13. The minimum absolute atomic E-state index is 0.178. The quantitative estimate of drug-likeness (QED) is 0.760. The van der Waals surface area contributed by atoms with Crippen LogP contribution in [-0.2, 0) is 11.2 Å². The first-order chi connectivity index (χ1) is 11.4. The molecule has 5 nitrogen and oxygen atoms in total. The molecule has 7 heteroatoms. The van der Waals surface area contributed by atoms with Crippen LogP contribution in [-0.4, -0.2) is 18.4 Å². The lowest BCUT2D eigenvalue weighted by atomic mass is 10.1. The third-order valence-corrected chi connectivity index (χ3v) is 3.38. The van der Waals surface area contributed by atoms with Gasteiger partial charge in [0.15, 0.2) is 0 Å². The van der Waals surface area contributed by atoms with Gasteiger partial charge < -0.3 is 16.4 Å². The van der Waals surface area contributed by atoms with E-state index in [0.717, 1.165) is 18.1 Å². The summed E-state index contributed by atoms with van der Waals surface area (Å²) >= 11 is 0. The topological polar surface area (TPSA) is 84.2 Å². The van der Waals surface area contributed by atoms with Gasteiger partial charge in [-0.3, -0.25) is 9.59 Å². The van der Waals surface area contributed by atoms with Crippen molar-refractivity contribution < 1.29 is 18.4 Å². The second kappa shape index (κ2) is 7.54. The number of carbonyl (C=O) groups excluding carboxylic acids is 2. The fourth-order valence-electron chi connectivity index (χ4n) is 2.12. The predicted octanol–water partition coefficient (Wildman–Crippen LogP) is 2.68. The second-order valence-corrected chi connectivity index (χ2v) is 5.13. The van der Waals surface area contributed by atoms with Crippen LogP contribution < -0.4 is 16.4 Å². The molecule has 0 fully saturated rings. The molecule has 0 atom stereocenters. The van der Waals surface area contributed by atoms with Gasteiger partial charge in [-0.05, 0) is 30.2 Å². The summed E-state index contributed by atoms with van der Waals surface area (Å²) in [5.74, 6) is -3.39. The molecule has 0 aromatic heterocycles. The molecule has 126 valence electrons. The number of rotatable bonds is 6. The van der Waals surface area contributed by atoms with E-state index in [1.54, 1.807) is 6.07 Å². The van der Waals surface area contributed by atoms with E-state index in [-0.39, 0.29) is 12.2 Å². The lowest BCUT2D eigenvalue weighted by Gasteiger charge is -2.10. The number of aryl methyl sites for hydroxylation is 1. The average Bonchev–Trinajstić information content (AvgIpc) is 2.53. The lowest BCUT2D eigenvalue weighted by Crippen LogP contribution is -2.23. The number of benzene rings is 2. The molecule has 2 aromatic rings. The Bertz CT molecular complexity index is 778. The molecule has 0 heterocycles. The summed E-state index contributed by atoms with van der Waals surface area (Å²) < 4.78 is 27.1. The van der Waals surface area contributed by atoms with Crippen LogP contribution in [0.25, 0.3) is 0 Å². The predicted molar refractivity (Wildman–Crippen MR) is 87.8 cm³/mol. The zero-order valence-corrected chi connectivity index (χ0v) is 13.0. The first-order valence-corrected chi connectivity index (χ1v) is 7.32. The van der Waals surface area contributed by atoms with Crippen molar-refractivity contribution in [3.8, 4) is 0 Å². The Morgan fingerprint density at radius 3 is 2.54 bits per heavy atom. The van der Waals surface area contributed by atoms with Crippen molar-refractivity contribution in [1.82, 2.24) is 0 Å². The molecule has 0 aliphatic heterocycles. The Balaban J connectivity index is 2.03. The van der Waals surface area contributed by atoms with Gasteiger partial charge in [0, 0.05) is 11.8 Å². The summed E-state index contributed by atoms with van der Waals surface area (Å²) in [6, 6.07) is 8.82. The summed E-state index contributed by atoms with van der Waals surface area (Å²) in [6.45, 7) is 1.74. The Labute approximate surface area is 137 Å². The minimum Gasteiger partial charge on any atom is -0.374 e. The van der Waals surface area contributed by atoms with Gasteiger partial charge in [0.25, 0.3) is 5.91 Å². The van der Waals surface area contributed by atoms with Crippen molar-refractivity contribution in [2.45, 2.75) is 13.3 Å². The highest BCUT2D eigenvalue weighted by atomic mass is 19.1. The van der Waals surface area contributed by atoms with Gasteiger partial charge in [-0.15, -0.1) is 0 Å². The number of amides is 2. The highest BCUT2D eigenvalue weighted by Crippen LogP contribution is 2.19. The smallest absolute Gasteiger partial charge is 0.251 e. The molecule has 0 bridgehead atoms. The number of hydrogen-bond acceptors (Lipinski definition) is 3. The Morgan fingerprint density at radius 1 is 1.12 bits per heavy atom. The van der Waals surface area contributed by atoms with Gasteiger partial charge in [0.1, 0.15) is 11.6 Å². The van der Waals surface area contributed by atoms with E-state index in [1.165, 1.54) is 0 Å². The molecule has 24 heavy (non-hydrogen) atoms. The van der Waals surface area contributed by atoms with E-state index in [4.69, 9.17) is 5.73 Å². The molecule has 0 aliphatic rings. The van der Waals surface area contributed by atoms with Gasteiger partial charge >= 0.3 is 0 Å². The van der Waals surface area contributed by atoms with Crippen molar-refractivity contribution >= 4 is 23.2 Å². The SMILES string of the molecule is CCc1cccc(NC(=O)CNc2cc(C(N)=O)c(F)cc2F)c1. The van der Waals surface area contributed by atoms with E-state index in [0.29, 0.717) is 11.8 Å². The molecule has 4 N–H and O–H groups in total. The molecular weight excluding hydrogens is 316 g/mol. The van der Waals surface area contributed by atoms with Crippen LogP contribution in [0.2, 0.25) is 0 Å². The zero-order chi connectivity index (χ0) is 17.7. The molecular formula is C17H17F2N3O2. The monoisotopic (exact) mass is 333 g/mol. The maximum absolute atomic E-state index is 13.7. The highest BCUT2D eigenvalue weighted by molar-refractivity contribution is 5.95. The van der Waals surface area contributed by atoms with Crippen molar-refractivity contribution in [3.63, 3.8) is 0 Å². The number of nitrogens with two attached hydrogens (primary N) is 1. The molecule has 2 aromatic carbocycles. The largest absolute Gasteiger partial charge is 0.374 e. The van der Waals surface area contributed by atoms with E-state index in [2.05, 4.69) is 10.6 Å². The molecule has 2 amide bonds. The van der Waals surface area contributed by atoms with Gasteiger partial charge in [0.05, 0.1) is 17.8 Å². The summed E-state index contributed by atoms with van der Waals surface area (Å²) in [5.41, 5.74) is 6.07. The van der Waals surface area contributed by atoms with Crippen LogP contribution in [0.3, 0.4) is 0 Å². The highest BCUT2D eigenvalue weighted by Gasteiger charge is 2.14. The molecule has 0 unspecified atom stereocenters. The van der Waals surface area contributed by atoms with E-state index < -0.39 is 29.0 Å². The molecule has 2 rings (SSSR count). The normalized spacial score (nSPS) is 10.3. The van der Waals surface area contributed by atoms with E-state index in [1.807, 2.05) is 25.1 Å². The zero-order valence-electron chi connectivity index (χ0n) is 13.0. The van der Waals surface area contributed by atoms with Crippen LogP contribution in [0.1, 0.15) is 22.8 Å². The number of halogens is 2. The van der Waals surface area contributed by atoms with Crippen molar-refractivity contribution in [2.24, 2.45) is 5.73 Å². The van der Waals surface area contributed by atoms with Crippen molar-refractivity contribution in [2.75, 3.05) is 17.2 Å². The third kappa shape index (κ3) is 4.28. The number of primary amides is 1. The van der Waals surface area contributed by atoms with Gasteiger partial charge in [0.2, 0.25) is 5.91 Å². The summed E-state index contributed by atoms with van der Waals surface area (Å²) in [4.78, 5) is 23.0. The molecule has 0 saturated heterocycles. The lowest BCUT2D eigenvalue weighted by molar-refractivity contribution is -0.114. The molecule has 0 radical (unpaired) electrons. The van der Waals surface area contributed by atoms with E-state index in [9.17, 15) is 18.4 Å². The average molecular weight is 333 g/mol. The first-order valence-electron chi connectivity index (χ1n) is 7.32. The Kier molecular flexibility index (Phi) is 5.47. The minimum atomic E-state index is -1.05. The Morgan fingerprint density at radius 2 is 1.88 bits per heavy atom. The van der Waals surface area contributed by atoms with Crippen LogP contribution >= 0.6 is 0 Å². The molecule has 0 saturated carbocycles. The van der Waals surface area contributed by atoms with Gasteiger partial charge in [-0.2, -0.15) is 0 Å². The fraction of sp³-hybridized carbons (Fsp3) is 0.176. The number of carbonyl (C=O) groups is 2. The van der Waals surface area contributed by atoms with Crippen LogP contribution in [0, 0.1) is 11.6 Å². The van der Waals surface area contributed by atoms with Crippen LogP contribution in [0.5, 0.6) is 0 Å². The summed E-state index contributed by atoms with van der Waals surface area (Å²) in [6.07, 6.45) is 0.832. The van der Waals surface area contributed by atoms with Gasteiger partial charge in [-0.25, -0.2) is 8.78 Å². The number of nitrogens with one attached hydrogen (secondary N) is 2. The maximum atomic E-state index is 13.7.